The van der Waals surface area contributed by atoms with Crippen LogP contribution in [0.25, 0.3) is 11.6 Å². The van der Waals surface area contributed by atoms with Crippen molar-refractivity contribution in [3.8, 4) is 11.5 Å². The molecule has 0 unspecified atom stereocenters. The van der Waals surface area contributed by atoms with Crippen LogP contribution in [0.1, 0.15) is 17.5 Å². The molecule has 2 aliphatic rings. The lowest BCUT2D eigenvalue weighted by molar-refractivity contribution is -0.127. The Morgan fingerprint density at radius 3 is 2.46 bits per heavy atom. The standard InChI is InChI=1S/C27H34Cl2N6O4/c1-4-22(37)34-11-9-33(10-12-34)7-5-8-35-17-19(14-18-16-31-27(30-6-13-36)32-26(18)35)23-24(28)20(38-2)15-21(39-3)25(23)29/h4,14-16,36H,1,5-13,17H2,2-3H3,(H,30,31,32). The van der Waals surface area contributed by atoms with E-state index in [1.807, 2.05) is 11.0 Å². The molecule has 0 spiro atoms. The van der Waals surface area contributed by atoms with Crippen LogP contribution in [0, 0.1) is 0 Å². The number of anilines is 2. The molecule has 1 fully saturated rings. The van der Waals surface area contributed by atoms with Gasteiger partial charge in [0, 0.05) is 69.2 Å². The number of hydrogen-bond donors (Lipinski definition) is 2. The monoisotopic (exact) mass is 576 g/mol. The zero-order chi connectivity index (χ0) is 27.9. The van der Waals surface area contributed by atoms with Crippen LogP contribution in [0.4, 0.5) is 11.8 Å². The van der Waals surface area contributed by atoms with E-state index in [4.69, 9.17) is 37.7 Å². The first-order valence-electron chi connectivity index (χ1n) is 12.8. The van der Waals surface area contributed by atoms with Gasteiger partial charge in [0.05, 0.1) is 30.9 Å². The van der Waals surface area contributed by atoms with Gasteiger partial charge in [-0.1, -0.05) is 29.8 Å². The molecule has 1 saturated heterocycles. The van der Waals surface area contributed by atoms with Gasteiger partial charge in [0.15, 0.2) is 0 Å². The van der Waals surface area contributed by atoms with Crippen LogP contribution in [-0.4, -0.2) is 104 Å². The first-order chi connectivity index (χ1) is 18.9. The summed E-state index contributed by atoms with van der Waals surface area (Å²) in [5.41, 5.74) is 2.37. The van der Waals surface area contributed by atoms with Gasteiger partial charge in [-0.3, -0.25) is 9.69 Å². The van der Waals surface area contributed by atoms with Crippen molar-refractivity contribution in [1.29, 1.82) is 0 Å². The highest BCUT2D eigenvalue weighted by molar-refractivity contribution is 6.39. The second kappa shape index (κ2) is 13.3. The molecule has 39 heavy (non-hydrogen) atoms. The largest absolute Gasteiger partial charge is 0.495 e. The Labute approximate surface area is 238 Å². The molecular formula is C27H34Cl2N6O4. The number of aliphatic hydroxyl groups excluding tert-OH is 1. The second-order valence-corrected chi connectivity index (χ2v) is 9.98. The lowest BCUT2D eigenvalue weighted by Gasteiger charge is -2.35. The van der Waals surface area contributed by atoms with Crippen LogP contribution in [-0.2, 0) is 4.79 Å². The highest BCUT2D eigenvalue weighted by atomic mass is 35.5. The van der Waals surface area contributed by atoms with Gasteiger partial charge in [-0.2, -0.15) is 4.98 Å². The number of benzene rings is 1. The number of methoxy groups -OCH3 is 2. The van der Waals surface area contributed by atoms with E-state index < -0.39 is 0 Å². The Bertz CT molecular complexity index is 1200. The maximum absolute atomic E-state index is 11.9. The number of nitrogens with one attached hydrogen (secondary N) is 1. The van der Waals surface area contributed by atoms with Crippen LogP contribution < -0.4 is 19.7 Å². The predicted octanol–water partition coefficient (Wildman–Crippen LogP) is 3.29. The quantitative estimate of drug-likeness (QED) is 0.390. The summed E-state index contributed by atoms with van der Waals surface area (Å²) in [5.74, 6) is 2.17. The third-order valence-corrected chi connectivity index (χ3v) is 7.59. The fraction of sp³-hybridized carbons (Fsp3) is 0.444. The molecule has 12 heteroatoms. The number of piperazine rings is 1. The summed E-state index contributed by atoms with van der Waals surface area (Å²) >= 11 is 13.5. The lowest BCUT2D eigenvalue weighted by atomic mass is 9.98. The maximum atomic E-state index is 11.9. The van der Waals surface area contributed by atoms with Gasteiger partial charge in [-0.25, -0.2) is 4.98 Å². The Kier molecular flexibility index (Phi) is 9.90. The number of fused-ring (bicyclic) bond motifs is 1. The van der Waals surface area contributed by atoms with Gasteiger partial charge in [0.2, 0.25) is 11.9 Å². The fourth-order valence-electron chi connectivity index (χ4n) is 4.81. The minimum Gasteiger partial charge on any atom is -0.495 e. The lowest BCUT2D eigenvalue weighted by Crippen LogP contribution is -2.48. The number of rotatable bonds is 11. The van der Waals surface area contributed by atoms with E-state index in [0.717, 1.165) is 49.6 Å². The molecule has 1 aromatic heterocycles. The Morgan fingerprint density at radius 1 is 1.15 bits per heavy atom. The maximum Gasteiger partial charge on any atom is 0.246 e. The van der Waals surface area contributed by atoms with E-state index in [1.165, 1.54) is 6.08 Å². The van der Waals surface area contributed by atoms with Crippen molar-refractivity contribution in [2.75, 3.05) is 83.4 Å². The van der Waals surface area contributed by atoms with Crippen molar-refractivity contribution in [1.82, 2.24) is 19.8 Å². The number of ether oxygens (including phenoxy) is 2. The minimum atomic E-state index is -0.0193. The molecule has 0 saturated carbocycles. The van der Waals surface area contributed by atoms with E-state index >= 15 is 0 Å². The summed E-state index contributed by atoms with van der Waals surface area (Å²) in [4.78, 5) is 27.4. The van der Waals surface area contributed by atoms with E-state index in [1.54, 1.807) is 26.5 Å². The number of aliphatic hydroxyl groups is 1. The summed E-state index contributed by atoms with van der Waals surface area (Å²) in [6, 6.07) is 1.67. The zero-order valence-electron chi connectivity index (χ0n) is 22.3. The van der Waals surface area contributed by atoms with Crippen molar-refractivity contribution in [3.05, 3.63) is 46.1 Å². The summed E-state index contributed by atoms with van der Waals surface area (Å²) in [7, 11) is 3.11. The topological polar surface area (TPSA) is 103 Å². The molecule has 1 amide bonds. The molecule has 0 aliphatic carbocycles. The van der Waals surface area contributed by atoms with Gasteiger partial charge >= 0.3 is 0 Å². The van der Waals surface area contributed by atoms with Crippen molar-refractivity contribution in [2.24, 2.45) is 0 Å². The number of aromatic nitrogens is 2. The average Bonchev–Trinajstić information content (AvgIpc) is 2.96. The number of hydrogen-bond acceptors (Lipinski definition) is 9. The molecule has 210 valence electrons. The summed E-state index contributed by atoms with van der Waals surface area (Å²) in [6.07, 6.45) is 6.00. The summed E-state index contributed by atoms with van der Waals surface area (Å²) < 4.78 is 11.0. The van der Waals surface area contributed by atoms with Gasteiger partial charge in [0.25, 0.3) is 0 Å². The highest BCUT2D eigenvalue weighted by Gasteiger charge is 2.27. The number of carbonyl (C=O) groups is 1. The van der Waals surface area contributed by atoms with Crippen LogP contribution in [0.3, 0.4) is 0 Å². The highest BCUT2D eigenvalue weighted by Crippen LogP contribution is 2.45. The van der Waals surface area contributed by atoms with Crippen molar-refractivity contribution in [3.63, 3.8) is 0 Å². The molecule has 0 radical (unpaired) electrons. The molecular weight excluding hydrogens is 543 g/mol. The number of carbonyl (C=O) groups excluding carboxylic acids is 1. The molecule has 2 N–H and O–H groups in total. The molecule has 2 aliphatic heterocycles. The Morgan fingerprint density at radius 2 is 1.85 bits per heavy atom. The number of nitrogens with zero attached hydrogens (tertiary/aromatic N) is 5. The number of halogens is 2. The molecule has 0 bridgehead atoms. The minimum absolute atomic E-state index is 0.0179. The Hall–Kier alpha value is -3.05. The normalized spacial score (nSPS) is 15.5. The second-order valence-electron chi connectivity index (χ2n) is 9.22. The molecule has 1 aromatic carbocycles. The van der Waals surface area contributed by atoms with E-state index in [2.05, 4.69) is 26.7 Å². The summed E-state index contributed by atoms with van der Waals surface area (Å²) in [6.45, 7) is 9.10. The first-order valence-corrected chi connectivity index (χ1v) is 13.6. The van der Waals surface area contributed by atoms with Crippen molar-refractivity contribution < 1.29 is 19.4 Å². The van der Waals surface area contributed by atoms with Gasteiger partial charge in [-0.05, 0) is 30.7 Å². The Balaban J connectivity index is 1.57. The molecule has 0 atom stereocenters. The van der Waals surface area contributed by atoms with Crippen LogP contribution in [0.5, 0.6) is 11.5 Å². The molecule has 2 aromatic rings. The van der Waals surface area contributed by atoms with Gasteiger partial charge < -0.3 is 29.7 Å². The molecule has 4 rings (SSSR count). The van der Waals surface area contributed by atoms with Crippen molar-refractivity contribution in [2.45, 2.75) is 6.42 Å². The van der Waals surface area contributed by atoms with Crippen LogP contribution in [0.2, 0.25) is 10.0 Å². The van der Waals surface area contributed by atoms with Gasteiger partial charge in [-0.15, -0.1) is 0 Å². The zero-order valence-corrected chi connectivity index (χ0v) is 23.8. The first kappa shape index (κ1) is 28.9. The predicted molar refractivity (Wildman–Crippen MR) is 155 cm³/mol. The van der Waals surface area contributed by atoms with E-state index in [0.29, 0.717) is 59.2 Å². The molecule has 10 nitrogen and oxygen atoms in total. The smallest absolute Gasteiger partial charge is 0.246 e. The van der Waals surface area contributed by atoms with Crippen molar-refractivity contribution >= 4 is 52.5 Å². The average molecular weight is 578 g/mol. The molecule has 3 heterocycles. The SMILES string of the molecule is C=CC(=O)N1CCN(CCCN2CC(c3c(Cl)c(OC)cc(OC)c3Cl)=Cc3cnc(NCCO)nc32)CC1. The third-order valence-electron chi connectivity index (χ3n) is 6.84. The number of amides is 1. The van der Waals surface area contributed by atoms with Gasteiger partial charge in [0.1, 0.15) is 17.3 Å². The van der Waals surface area contributed by atoms with Crippen LogP contribution >= 0.6 is 23.2 Å². The third kappa shape index (κ3) is 6.58. The summed E-state index contributed by atoms with van der Waals surface area (Å²) in [5, 5.41) is 13.1. The van der Waals surface area contributed by atoms with Crippen LogP contribution in [0.15, 0.2) is 24.9 Å². The van der Waals surface area contributed by atoms with E-state index in [9.17, 15) is 9.90 Å². The fourth-order valence-corrected chi connectivity index (χ4v) is 5.56. The van der Waals surface area contributed by atoms with E-state index in [-0.39, 0.29) is 12.5 Å².